The number of rotatable bonds is 7. The van der Waals surface area contributed by atoms with Crippen LogP contribution in [0.1, 0.15) is 72.1 Å². The SMILES string of the molecule is CC(C)(C)[Si](O[C@@H]1CCC[C@H](CCC2CC=CC2)C1)(c1ccccc1)c1ccccc1. The van der Waals surface area contributed by atoms with E-state index < -0.39 is 8.32 Å². The van der Waals surface area contributed by atoms with Gasteiger partial charge in [0.15, 0.2) is 0 Å². The molecular weight excluding hydrogens is 392 g/mol. The van der Waals surface area contributed by atoms with Crippen molar-refractivity contribution in [1.29, 1.82) is 0 Å². The van der Waals surface area contributed by atoms with Crippen molar-refractivity contribution in [1.82, 2.24) is 0 Å². The number of hydrogen-bond donors (Lipinski definition) is 0. The molecule has 1 nitrogen and oxygen atoms in total. The molecule has 166 valence electrons. The molecule has 1 saturated carbocycles. The Labute approximate surface area is 191 Å². The van der Waals surface area contributed by atoms with Gasteiger partial charge in [0.2, 0.25) is 0 Å². The van der Waals surface area contributed by atoms with E-state index in [1.54, 1.807) is 0 Å². The first-order valence-corrected chi connectivity index (χ1v) is 14.3. The molecule has 0 bridgehead atoms. The highest BCUT2D eigenvalue weighted by atomic mass is 28.4. The van der Waals surface area contributed by atoms with Crippen molar-refractivity contribution in [2.24, 2.45) is 11.8 Å². The van der Waals surface area contributed by atoms with Crippen LogP contribution in [0.4, 0.5) is 0 Å². The number of hydrogen-bond acceptors (Lipinski definition) is 1. The van der Waals surface area contributed by atoms with E-state index in [0.29, 0.717) is 6.10 Å². The van der Waals surface area contributed by atoms with Gasteiger partial charge in [-0.05, 0) is 59.4 Å². The maximum Gasteiger partial charge on any atom is 0.261 e. The molecule has 2 aromatic rings. The summed E-state index contributed by atoms with van der Waals surface area (Å²) in [5.74, 6) is 1.73. The van der Waals surface area contributed by atoms with Gasteiger partial charge in [0, 0.05) is 6.10 Å². The van der Waals surface area contributed by atoms with Gasteiger partial charge in [0.05, 0.1) is 0 Å². The fourth-order valence-corrected chi connectivity index (χ4v) is 10.7. The van der Waals surface area contributed by atoms with Crippen LogP contribution < -0.4 is 10.4 Å². The highest BCUT2D eigenvalue weighted by molar-refractivity contribution is 6.99. The fraction of sp³-hybridized carbons (Fsp3) is 0.517. The maximum absolute atomic E-state index is 7.44. The molecule has 0 N–H and O–H groups in total. The Morgan fingerprint density at radius 2 is 1.32 bits per heavy atom. The predicted octanol–water partition coefficient (Wildman–Crippen LogP) is 6.87. The Bertz CT molecular complexity index is 789. The second-order valence-corrected chi connectivity index (χ2v) is 15.1. The lowest BCUT2D eigenvalue weighted by Gasteiger charge is -2.46. The molecule has 2 aliphatic carbocycles. The molecule has 31 heavy (non-hydrogen) atoms. The molecule has 0 heterocycles. The summed E-state index contributed by atoms with van der Waals surface area (Å²) >= 11 is 0. The second kappa shape index (κ2) is 9.88. The van der Waals surface area contributed by atoms with Gasteiger partial charge in [0.1, 0.15) is 0 Å². The molecule has 0 amide bonds. The van der Waals surface area contributed by atoms with Gasteiger partial charge in [-0.25, -0.2) is 0 Å². The summed E-state index contributed by atoms with van der Waals surface area (Å²) in [7, 11) is -2.42. The van der Waals surface area contributed by atoms with Crippen LogP contribution in [0, 0.1) is 11.8 Å². The first kappa shape index (κ1) is 22.5. The summed E-state index contributed by atoms with van der Waals surface area (Å²) in [6, 6.07) is 22.3. The lowest BCUT2D eigenvalue weighted by molar-refractivity contribution is 0.108. The Kier molecular flexibility index (Phi) is 7.18. The molecule has 4 rings (SSSR count). The van der Waals surface area contributed by atoms with Crippen molar-refractivity contribution in [3.63, 3.8) is 0 Å². The van der Waals surface area contributed by atoms with E-state index in [4.69, 9.17) is 4.43 Å². The summed E-state index contributed by atoms with van der Waals surface area (Å²) < 4.78 is 7.44. The standard InChI is InChI=1S/C29H40OSi/c1-29(2,3)31(27-17-6-4-7-18-27,28-19-8-5-9-20-28)30-26-16-12-15-25(23-26)22-21-24-13-10-11-14-24/h4-11,17-20,24-26H,12-16,21-23H2,1-3H3/t25-,26-/m1/s1. The Morgan fingerprint density at radius 1 is 0.774 bits per heavy atom. The molecule has 2 aliphatic rings. The van der Waals surface area contributed by atoms with Crippen LogP contribution in [0.5, 0.6) is 0 Å². The molecule has 0 aliphatic heterocycles. The van der Waals surface area contributed by atoms with Gasteiger partial charge in [-0.1, -0.05) is 113 Å². The minimum Gasteiger partial charge on any atom is -0.404 e. The quantitative estimate of drug-likeness (QED) is 0.343. The number of benzene rings is 2. The first-order chi connectivity index (χ1) is 15.0. The van der Waals surface area contributed by atoms with E-state index in [2.05, 4.69) is 93.6 Å². The van der Waals surface area contributed by atoms with Crippen molar-refractivity contribution in [2.45, 2.75) is 83.3 Å². The predicted molar refractivity (Wildman–Crippen MR) is 136 cm³/mol. The van der Waals surface area contributed by atoms with Gasteiger partial charge in [-0.3, -0.25) is 0 Å². The fourth-order valence-electron chi connectivity index (χ4n) is 5.93. The van der Waals surface area contributed by atoms with E-state index in [-0.39, 0.29) is 5.04 Å². The van der Waals surface area contributed by atoms with Crippen LogP contribution in [0.3, 0.4) is 0 Å². The van der Waals surface area contributed by atoms with Crippen LogP contribution in [-0.2, 0) is 4.43 Å². The highest BCUT2D eigenvalue weighted by Gasteiger charge is 2.51. The normalized spacial score (nSPS) is 22.7. The van der Waals surface area contributed by atoms with E-state index in [9.17, 15) is 0 Å². The third-order valence-corrected chi connectivity index (χ3v) is 12.7. The van der Waals surface area contributed by atoms with Gasteiger partial charge in [-0.15, -0.1) is 0 Å². The Balaban J connectivity index is 1.58. The van der Waals surface area contributed by atoms with Crippen molar-refractivity contribution in [3.8, 4) is 0 Å². The minimum absolute atomic E-state index is 0.0676. The van der Waals surface area contributed by atoms with E-state index >= 15 is 0 Å². The molecule has 2 atom stereocenters. The van der Waals surface area contributed by atoms with Gasteiger partial charge in [0.25, 0.3) is 8.32 Å². The molecular formula is C29H40OSi. The minimum atomic E-state index is -2.42. The third-order valence-electron chi connectivity index (χ3n) is 7.58. The van der Waals surface area contributed by atoms with Crippen molar-refractivity contribution in [3.05, 3.63) is 72.8 Å². The summed E-state index contributed by atoms with van der Waals surface area (Å²) in [6.45, 7) is 7.19. The van der Waals surface area contributed by atoms with Crippen LogP contribution >= 0.6 is 0 Å². The molecule has 0 saturated heterocycles. The Morgan fingerprint density at radius 3 is 1.87 bits per heavy atom. The molecule has 0 radical (unpaired) electrons. The molecule has 0 unspecified atom stereocenters. The average molecular weight is 433 g/mol. The zero-order valence-electron chi connectivity index (χ0n) is 19.7. The summed E-state index contributed by atoms with van der Waals surface area (Å²) in [5.41, 5.74) is 0. The van der Waals surface area contributed by atoms with Crippen molar-refractivity contribution in [2.75, 3.05) is 0 Å². The molecule has 0 spiro atoms. The molecule has 2 aromatic carbocycles. The lowest BCUT2D eigenvalue weighted by atomic mass is 9.82. The van der Waals surface area contributed by atoms with Gasteiger partial charge >= 0.3 is 0 Å². The molecule has 0 aromatic heterocycles. The van der Waals surface area contributed by atoms with Gasteiger partial charge in [-0.2, -0.15) is 0 Å². The monoisotopic (exact) mass is 432 g/mol. The van der Waals surface area contributed by atoms with Crippen LogP contribution in [0.15, 0.2) is 72.8 Å². The molecule has 1 fully saturated rings. The van der Waals surface area contributed by atoms with E-state index in [1.165, 1.54) is 61.7 Å². The topological polar surface area (TPSA) is 9.23 Å². The second-order valence-electron chi connectivity index (χ2n) is 10.8. The lowest BCUT2D eigenvalue weighted by Crippen LogP contribution is -2.67. The van der Waals surface area contributed by atoms with Gasteiger partial charge < -0.3 is 4.43 Å². The van der Waals surface area contributed by atoms with Crippen LogP contribution in [0.25, 0.3) is 0 Å². The highest BCUT2D eigenvalue weighted by Crippen LogP contribution is 2.41. The van der Waals surface area contributed by atoms with Crippen LogP contribution in [0.2, 0.25) is 5.04 Å². The zero-order chi connectivity index (χ0) is 21.7. The number of allylic oxidation sites excluding steroid dienone is 2. The van der Waals surface area contributed by atoms with Crippen molar-refractivity contribution < 1.29 is 4.43 Å². The summed E-state index contributed by atoms with van der Waals surface area (Å²) in [6.07, 6.45) is 15.7. The van der Waals surface area contributed by atoms with Crippen molar-refractivity contribution >= 4 is 18.7 Å². The Hall–Kier alpha value is -1.64. The average Bonchev–Trinajstić information content (AvgIpc) is 3.30. The third kappa shape index (κ3) is 5.07. The largest absolute Gasteiger partial charge is 0.404 e. The zero-order valence-corrected chi connectivity index (χ0v) is 20.7. The van der Waals surface area contributed by atoms with E-state index in [0.717, 1.165) is 11.8 Å². The van der Waals surface area contributed by atoms with E-state index in [1.807, 2.05) is 0 Å². The van der Waals surface area contributed by atoms with Crippen LogP contribution in [-0.4, -0.2) is 14.4 Å². The maximum atomic E-state index is 7.44. The summed E-state index contributed by atoms with van der Waals surface area (Å²) in [5, 5.41) is 2.89. The first-order valence-electron chi connectivity index (χ1n) is 12.4. The summed E-state index contributed by atoms with van der Waals surface area (Å²) in [4.78, 5) is 0. The smallest absolute Gasteiger partial charge is 0.261 e. The molecule has 2 heteroatoms.